The zero-order valence-electron chi connectivity index (χ0n) is 8.61. The van der Waals surface area contributed by atoms with E-state index in [2.05, 4.69) is 14.7 Å². The summed E-state index contributed by atoms with van der Waals surface area (Å²) in [5.41, 5.74) is 0. The molecule has 0 aliphatic carbocycles. The molecular weight excluding hydrogens is 246 g/mol. The average molecular weight is 255 g/mol. The van der Waals surface area contributed by atoms with Crippen molar-refractivity contribution in [1.82, 2.24) is 10.1 Å². The third kappa shape index (κ3) is 3.02. The lowest BCUT2D eigenvalue weighted by Crippen LogP contribution is -2.11. The second-order valence-corrected chi connectivity index (χ2v) is 4.71. The van der Waals surface area contributed by atoms with Gasteiger partial charge in [-0.2, -0.15) is 4.98 Å². The minimum Gasteiger partial charge on any atom is -0.485 e. The van der Waals surface area contributed by atoms with Crippen LogP contribution in [0.2, 0.25) is 0 Å². The van der Waals surface area contributed by atoms with E-state index in [1.54, 1.807) is 0 Å². The largest absolute Gasteiger partial charge is 0.485 e. The Labute approximate surface area is 97.3 Å². The fraction of sp³-hybridized carbons (Fsp3) is 0.111. The Hall–Kier alpha value is -1.93. The van der Waals surface area contributed by atoms with Crippen LogP contribution in [0.25, 0.3) is 0 Å². The normalized spacial score (nSPS) is 11.4. The standard InChI is InChI=1S/C9H9N3O4S/c10-17(13,14)8-3-1-7(2-4-8)15-5-9-11-6-16-12-9/h1-4,6H,5H2,(H2,10,13,14). The van der Waals surface area contributed by atoms with Gasteiger partial charge in [-0.15, -0.1) is 0 Å². The van der Waals surface area contributed by atoms with Crippen molar-refractivity contribution in [3.05, 3.63) is 36.5 Å². The molecule has 90 valence electrons. The SMILES string of the molecule is NS(=O)(=O)c1ccc(OCc2ncon2)cc1. The molecule has 0 aliphatic heterocycles. The van der Waals surface area contributed by atoms with Gasteiger partial charge in [0.1, 0.15) is 5.75 Å². The van der Waals surface area contributed by atoms with Crippen molar-refractivity contribution in [2.24, 2.45) is 5.14 Å². The zero-order chi connectivity index (χ0) is 12.3. The molecule has 0 amide bonds. The van der Waals surface area contributed by atoms with Gasteiger partial charge in [-0.1, -0.05) is 5.16 Å². The fourth-order valence-electron chi connectivity index (χ4n) is 1.13. The lowest BCUT2D eigenvalue weighted by molar-refractivity contribution is 0.286. The molecule has 0 saturated heterocycles. The molecule has 0 aliphatic rings. The van der Waals surface area contributed by atoms with Gasteiger partial charge >= 0.3 is 0 Å². The molecule has 2 rings (SSSR count). The second kappa shape index (κ2) is 4.52. The molecule has 0 radical (unpaired) electrons. The number of sulfonamides is 1. The molecular formula is C9H9N3O4S. The van der Waals surface area contributed by atoms with Crippen molar-refractivity contribution in [2.75, 3.05) is 0 Å². The van der Waals surface area contributed by atoms with Gasteiger partial charge in [0.15, 0.2) is 6.61 Å². The Kier molecular flexibility index (Phi) is 3.07. The van der Waals surface area contributed by atoms with E-state index < -0.39 is 10.0 Å². The predicted molar refractivity (Wildman–Crippen MR) is 56.4 cm³/mol. The summed E-state index contributed by atoms with van der Waals surface area (Å²) in [6.07, 6.45) is 1.20. The number of rotatable bonds is 4. The van der Waals surface area contributed by atoms with Crippen LogP contribution in [0.1, 0.15) is 5.82 Å². The van der Waals surface area contributed by atoms with Gasteiger partial charge in [0, 0.05) is 0 Å². The Balaban J connectivity index is 2.04. The van der Waals surface area contributed by atoms with Crippen LogP contribution in [-0.4, -0.2) is 18.6 Å². The summed E-state index contributed by atoms with van der Waals surface area (Å²) in [7, 11) is -3.67. The van der Waals surface area contributed by atoms with Crippen LogP contribution in [0, 0.1) is 0 Å². The summed E-state index contributed by atoms with van der Waals surface area (Å²) in [5, 5.41) is 8.52. The highest BCUT2D eigenvalue weighted by atomic mass is 32.2. The van der Waals surface area contributed by atoms with Gasteiger partial charge in [-0.05, 0) is 24.3 Å². The number of nitrogens with zero attached hydrogens (tertiary/aromatic N) is 2. The minimum atomic E-state index is -3.67. The number of nitrogens with two attached hydrogens (primary N) is 1. The lowest BCUT2D eigenvalue weighted by atomic mass is 10.3. The van der Waals surface area contributed by atoms with Crippen LogP contribution < -0.4 is 9.88 Å². The molecule has 0 atom stereocenters. The van der Waals surface area contributed by atoms with Crippen molar-refractivity contribution < 1.29 is 17.7 Å². The van der Waals surface area contributed by atoms with Crippen LogP contribution in [-0.2, 0) is 16.6 Å². The highest BCUT2D eigenvalue weighted by molar-refractivity contribution is 7.89. The van der Waals surface area contributed by atoms with Crippen LogP contribution in [0.3, 0.4) is 0 Å². The van der Waals surface area contributed by atoms with Gasteiger partial charge < -0.3 is 9.26 Å². The van der Waals surface area contributed by atoms with E-state index in [1.165, 1.54) is 30.7 Å². The molecule has 1 aromatic heterocycles. The molecule has 7 nitrogen and oxygen atoms in total. The number of hydrogen-bond donors (Lipinski definition) is 1. The third-order valence-electron chi connectivity index (χ3n) is 1.93. The summed E-state index contributed by atoms with van der Waals surface area (Å²) in [6.45, 7) is 0.144. The number of benzene rings is 1. The lowest BCUT2D eigenvalue weighted by Gasteiger charge is -2.03. The van der Waals surface area contributed by atoms with Gasteiger partial charge in [-0.3, -0.25) is 0 Å². The first-order valence-corrected chi connectivity index (χ1v) is 6.11. The molecule has 0 spiro atoms. The summed E-state index contributed by atoms with van der Waals surface area (Å²) in [4.78, 5) is 3.80. The van der Waals surface area contributed by atoms with E-state index in [0.717, 1.165) is 0 Å². The molecule has 0 fully saturated rings. The molecule has 17 heavy (non-hydrogen) atoms. The van der Waals surface area contributed by atoms with Crippen molar-refractivity contribution >= 4 is 10.0 Å². The Morgan fingerprint density at radius 3 is 2.53 bits per heavy atom. The maximum atomic E-state index is 11.0. The number of aromatic nitrogens is 2. The van der Waals surface area contributed by atoms with Gasteiger partial charge in [0.2, 0.25) is 22.2 Å². The summed E-state index contributed by atoms with van der Waals surface area (Å²) in [6, 6.07) is 5.72. The molecule has 1 heterocycles. The zero-order valence-corrected chi connectivity index (χ0v) is 9.42. The van der Waals surface area contributed by atoms with E-state index in [4.69, 9.17) is 9.88 Å². The highest BCUT2D eigenvalue weighted by Crippen LogP contribution is 2.15. The number of primary sulfonamides is 1. The summed E-state index contributed by atoms with van der Waals surface area (Å²) < 4.78 is 31.8. The molecule has 0 unspecified atom stereocenters. The first-order chi connectivity index (χ1) is 8.05. The Morgan fingerprint density at radius 2 is 2.00 bits per heavy atom. The smallest absolute Gasteiger partial charge is 0.238 e. The Bertz CT molecular complexity index is 577. The maximum Gasteiger partial charge on any atom is 0.238 e. The van der Waals surface area contributed by atoms with E-state index in [-0.39, 0.29) is 11.5 Å². The van der Waals surface area contributed by atoms with Gasteiger partial charge in [0.05, 0.1) is 4.90 Å². The molecule has 2 aromatic rings. The Morgan fingerprint density at radius 1 is 1.29 bits per heavy atom. The minimum absolute atomic E-state index is 0.0319. The monoisotopic (exact) mass is 255 g/mol. The first kappa shape index (κ1) is 11.6. The summed E-state index contributed by atoms with van der Waals surface area (Å²) in [5.74, 6) is 0.891. The third-order valence-corrected chi connectivity index (χ3v) is 2.86. The van der Waals surface area contributed by atoms with E-state index in [9.17, 15) is 8.42 Å². The molecule has 0 saturated carbocycles. The van der Waals surface area contributed by atoms with Gasteiger partial charge in [0.25, 0.3) is 0 Å². The maximum absolute atomic E-state index is 11.0. The van der Waals surface area contributed by atoms with E-state index >= 15 is 0 Å². The number of ether oxygens (including phenoxy) is 1. The average Bonchev–Trinajstić information content (AvgIpc) is 2.78. The van der Waals surface area contributed by atoms with Crippen molar-refractivity contribution in [3.8, 4) is 5.75 Å². The fourth-order valence-corrected chi connectivity index (χ4v) is 1.64. The van der Waals surface area contributed by atoms with Crippen molar-refractivity contribution in [2.45, 2.75) is 11.5 Å². The second-order valence-electron chi connectivity index (χ2n) is 3.15. The molecule has 2 N–H and O–H groups in total. The van der Waals surface area contributed by atoms with Crippen molar-refractivity contribution in [3.63, 3.8) is 0 Å². The van der Waals surface area contributed by atoms with Crippen LogP contribution in [0.4, 0.5) is 0 Å². The highest BCUT2D eigenvalue weighted by Gasteiger charge is 2.07. The van der Waals surface area contributed by atoms with Crippen molar-refractivity contribution in [1.29, 1.82) is 0 Å². The first-order valence-electron chi connectivity index (χ1n) is 4.56. The topological polar surface area (TPSA) is 108 Å². The molecule has 8 heteroatoms. The van der Waals surface area contributed by atoms with E-state index in [0.29, 0.717) is 11.6 Å². The number of hydrogen-bond acceptors (Lipinski definition) is 6. The van der Waals surface area contributed by atoms with Crippen LogP contribution in [0.5, 0.6) is 5.75 Å². The summed E-state index contributed by atoms with van der Waals surface area (Å²) >= 11 is 0. The quantitative estimate of drug-likeness (QED) is 0.841. The molecule has 0 bridgehead atoms. The van der Waals surface area contributed by atoms with Crippen LogP contribution >= 0.6 is 0 Å². The van der Waals surface area contributed by atoms with Crippen LogP contribution in [0.15, 0.2) is 40.1 Å². The van der Waals surface area contributed by atoms with Gasteiger partial charge in [-0.25, -0.2) is 13.6 Å². The molecule has 1 aromatic carbocycles. The predicted octanol–water partition coefficient (Wildman–Crippen LogP) is 0.296. The van der Waals surface area contributed by atoms with E-state index in [1.807, 2.05) is 0 Å².